The Morgan fingerprint density at radius 3 is 2.47 bits per heavy atom. The molecule has 1 aromatic carbocycles. The van der Waals surface area contributed by atoms with E-state index in [-0.39, 0.29) is 12.4 Å². The second-order valence-electron chi connectivity index (χ2n) is 6.42. The van der Waals surface area contributed by atoms with Crippen molar-refractivity contribution in [1.82, 2.24) is 39.1 Å². The molecule has 0 saturated carbocycles. The number of hydrogen-bond donors (Lipinski definition) is 0. The van der Waals surface area contributed by atoms with Crippen molar-refractivity contribution in [3.05, 3.63) is 66.1 Å². The zero-order chi connectivity index (χ0) is 20.8. The largest absolute Gasteiger partial charge is 0.282 e. The van der Waals surface area contributed by atoms with Crippen LogP contribution < -0.4 is 0 Å². The van der Waals surface area contributed by atoms with E-state index in [0.717, 1.165) is 10.4 Å². The van der Waals surface area contributed by atoms with Gasteiger partial charge in [0.2, 0.25) is 0 Å². The molecule has 152 valence electrons. The molecule has 4 heterocycles. The summed E-state index contributed by atoms with van der Waals surface area (Å²) in [4.78, 5) is 8.72. The summed E-state index contributed by atoms with van der Waals surface area (Å²) in [6.07, 6.45) is -2.90. The Balaban J connectivity index is 1.56. The molecule has 0 aliphatic heterocycles. The van der Waals surface area contributed by atoms with E-state index in [1.54, 1.807) is 10.9 Å². The minimum Gasteiger partial charge on any atom is -0.256 e. The second-order valence-corrected chi connectivity index (χ2v) is 6.42. The first kappa shape index (κ1) is 18.2. The van der Waals surface area contributed by atoms with Crippen molar-refractivity contribution in [1.29, 1.82) is 0 Å². The van der Waals surface area contributed by atoms with E-state index in [0.29, 0.717) is 22.7 Å². The van der Waals surface area contributed by atoms with Gasteiger partial charge in [-0.2, -0.15) is 10.2 Å². The third-order valence-corrected chi connectivity index (χ3v) is 4.52. The summed E-state index contributed by atoms with van der Waals surface area (Å²) in [7, 11) is 0. The van der Waals surface area contributed by atoms with Crippen molar-refractivity contribution in [3.63, 3.8) is 0 Å². The van der Waals surface area contributed by atoms with Crippen LogP contribution in [0.15, 0.2) is 48.9 Å². The highest BCUT2D eigenvalue weighted by atomic mass is 19.3. The Kier molecular flexibility index (Phi) is 4.19. The van der Waals surface area contributed by atoms with Gasteiger partial charge in [-0.1, -0.05) is 18.2 Å². The quantitative estimate of drug-likeness (QED) is 0.409. The summed E-state index contributed by atoms with van der Waals surface area (Å²) in [6.45, 7) is -0.289. The van der Waals surface area contributed by atoms with Crippen molar-refractivity contribution < 1.29 is 17.6 Å². The third kappa shape index (κ3) is 2.96. The van der Waals surface area contributed by atoms with Gasteiger partial charge in [-0.25, -0.2) is 36.7 Å². The zero-order valence-electron chi connectivity index (χ0n) is 15.1. The lowest BCUT2D eigenvalue weighted by molar-refractivity contribution is 0.139. The lowest BCUT2D eigenvalue weighted by atomic mass is 10.3. The van der Waals surface area contributed by atoms with E-state index >= 15 is 0 Å². The average molecular weight is 416 g/mol. The van der Waals surface area contributed by atoms with Gasteiger partial charge in [-0.3, -0.25) is 4.68 Å². The topological polar surface area (TPSA) is 78.7 Å². The molecule has 0 bridgehead atoms. The van der Waals surface area contributed by atoms with Crippen LogP contribution in [0.1, 0.15) is 30.1 Å². The Labute approximate surface area is 165 Å². The van der Waals surface area contributed by atoms with Gasteiger partial charge < -0.3 is 0 Å². The van der Waals surface area contributed by atoms with Crippen molar-refractivity contribution in [2.75, 3.05) is 0 Å². The number of halogens is 4. The van der Waals surface area contributed by atoms with Gasteiger partial charge in [-0.15, -0.1) is 5.10 Å². The van der Waals surface area contributed by atoms with Gasteiger partial charge >= 0.3 is 0 Å². The van der Waals surface area contributed by atoms with Crippen LogP contribution in [-0.2, 0) is 6.54 Å². The predicted molar refractivity (Wildman–Crippen MR) is 96.7 cm³/mol. The van der Waals surface area contributed by atoms with Crippen molar-refractivity contribution in [2.45, 2.75) is 19.4 Å². The molecule has 0 amide bonds. The molecular formula is C18H12F4N8. The summed E-state index contributed by atoms with van der Waals surface area (Å²) in [6, 6.07) is 10.1. The first-order chi connectivity index (χ1) is 14.5. The molecule has 0 spiro atoms. The number of rotatable bonds is 5. The number of nitrogens with zero attached hydrogens (tertiary/aromatic N) is 8. The number of para-hydroxylation sites is 1. The molecule has 0 saturated heterocycles. The molecule has 0 N–H and O–H groups in total. The number of benzene rings is 1. The average Bonchev–Trinajstić information content (AvgIpc) is 3.44. The summed E-state index contributed by atoms with van der Waals surface area (Å²) in [5.41, 5.74) is 0.422. The maximum Gasteiger partial charge on any atom is 0.282 e. The van der Waals surface area contributed by atoms with Gasteiger partial charge in [-0.05, 0) is 18.2 Å². The highest BCUT2D eigenvalue weighted by Crippen LogP contribution is 2.26. The Morgan fingerprint density at radius 2 is 1.73 bits per heavy atom. The fourth-order valence-corrected chi connectivity index (χ4v) is 3.19. The maximum atomic E-state index is 13.2. The van der Waals surface area contributed by atoms with Crippen molar-refractivity contribution >= 4 is 16.7 Å². The van der Waals surface area contributed by atoms with Gasteiger partial charge in [0.25, 0.3) is 12.9 Å². The Bertz CT molecular complexity index is 1340. The highest BCUT2D eigenvalue weighted by molar-refractivity contribution is 5.89. The fourth-order valence-electron chi connectivity index (χ4n) is 3.19. The van der Waals surface area contributed by atoms with Crippen LogP contribution in [0.3, 0.4) is 0 Å². The van der Waals surface area contributed by atoms with Gasteiger partial charge in [0.15, 0.2) is 17.1 Å². The monoisotopic (exact) mass is 416 g/mol. The van der Waals surface area contributed by atoms with Crippen LogP contribution in [0.5, 0.6) is 0 Å². The minimum absolute atomic E-state index is 0.127. The molecule has 5 rings (SSSR count). The first-order valence-electron chi connectivity index (χ1n) is 8.78. The van der Waals surface area contributed by atoms with Crippen molar-refractivity contribution in [3.8, 4) is 5.69 Å². The van der Waals surface area contributed by atoms with E-state index in [9.17, 15) is 17.6 Å². The van der Waals surface area contributed by atoms with Crippen LogP contribution in [0.25, 0.3) is 22.4 Å². The molecule has 8 nitrogen and oxygen atoms in total. The number of hydrogen-bond acceptors (Lipinski definition) is 5. The van der Waals surface area contributed by atoms with Gasteiger partial charge in [0, 0.05) is 0 Å². The van der Waals surface area contributed by atoms with Crippen LogP contribution >= 0.6 is 0 Å². The highest BCUT2D eigenvalue weighted by Gasteiger charge is 2.22. The minimum atomic E-state index is -2.96. The number of alkyl halides is 4. The molecule has 0 aliphatic rings. The standard InChI is InChI=1S/C18H12F4N8/c19-15(20)12-6-13(16(21)22)28(26-12)8-14-25-18-11-7-24-30(10-4-2-1-3-5-10)17(11)23-9-29(18)27-14/h1-7,9,15-16H,8H2. The summed E-state index contributed by atoms with van der Waals surface area (Å²) < 4.78 is 56.0. The predicted octanol–water partition coefficient (Wildman–Crippen LogP) is 3.58. The summed E-state index contributed by atoms with van der Waals surface area (Å²) in [5, 5.41) is 12.7. The SMILES string of the molecule is FC(F)c1cc(C(F)F)n(Cc2nc3c4cnn(-c5ccccc5)c4ncn3n2)n1. The van der Waals surface area contributed by atoms with Crippen LogP contribution in [0.2, 0.25) is 0 Å². The Hall–Kier alpha value is -3.83. The van der Waals surface area contributed by atoms with E-state index < -0.39 is 24.2 Å². The molecule has 0 fully saturated rings. The van der Waals surface area contributed by atoms with E-state index in [1.807, 2.05) is 30.3 Å². The smallest absolute Gasteiger partial charge is 0.256 e. The van der Waals surface area contributed by atoms with Gasteiger partial charge in [0.05, 0.1) is 17.3 Å². The number of fused-ring (bicyclic) bond motifs is 3. The van der Waals surface area contributed by atoms with Crippen LogP contribution in [0.4, 0.5) is 17.6 Å². The normalized spacial score (nSPS) is 12.1. The second kappa shape index (κ2) is 6.90. The lowest BCUT2D eigenvalue weighted by Gasteiger charge is -2.03. The third-order valence-electron chi connectivity index (χ3n) is 4.52. The summed E-state index contributed by atoms with van der Waals surface area (Å²) in [5.74, 6) is 0.127. The molecule has 12 heteroatoms. The molecule has 30 heavy (non-hydrogen) atoms. The molecule has 4 aromatic heterocycles. The maximum absolute atomic E-state index is 13.2. The fraction of sp³-hybridized carbons (Fsp3) is 0.167. The summed E-state index contributed by atoms with van der Waals surface area (Å²) >= 11 is 0. The van der Waals surface area contributed by atoms with Gasteiger partial charge in [0.1, 0.15) is 24.3 Å². The van der Waals surface area contributed by atoms with Crippen molar-refractivity contribution in [2.24, 2.45) is 0 Å². The molecule has 0 unspecified atom stereocenters. The van der Waals surface area contributed by atoms with Crippen LogP contribution in [-0.4, -0.2) is 39.1 Å². The molecule has 0 radical (unpaired) electrons. The molecule has 0 atom stereocenters. The number of aromatic nitrogens is 8. The van der Waals surface area contributed by atoms with E-state index in [4.69, 9.17) is 0 Å². The van der Waals surface area contributed by atoms with E-state index in [1.165, 1.54) is 10.8 Å². The lowest BCUT2D eigenvalue weighted by Crippen LogP contribution is -2.08. The molecule has 0 aliphatic carbocycles. The molecular weight excluding hydrogens is 404 g/mol. The van der Waals surface area contributed by atoms with E-state index in [2.05, 4.69) is 25.3 Å². The first-order valence-corrected chi connectivity index (χ1v) is 8.78. The molecule has 5 aromatic rings. The zero-order valence-corrected chi connectivity index (χ0v) is 15.1. The van der Waals surface area contributed by atoms with Crippen LogP contribution in [0, 0.1) is 0 Å². The Morgan fingerprint density at radius 1 is 0.933 bits per heavy atom.